The molecule has 0 saturated heterocycles. The Morgan fingerprint density at radius 3 is 2.33 bits per heavy atom. The van der Waals surface area contributed by atoms with Crippen molar-refractivity contribution in [2.24, 2.45) is 0 Å². The van der Waals surface area contributed by atoms with Crippen molar-refractivity contribution < 1.29 is 17.4 Å². The van der Waals surface area contributed by atoms with Gasteiger partial charge in [-0.3, -0.25) is 8.98 Å². The molecular formula is C9H9BrO4S. The van der Waals surface area contributed by atoms with Crippen molar-refractivity contribution in [3.05, 3.63) is 34.3 Å². The Kier molecular flexibility index (Phi) is 4.01. The molecule has 0 amide bonds. The lowest BCUT2D eigenvalue weighted by atomic mass is 10.1. The number of hydrogen-bond acceptors (Lipinski definition) is 4. The van der Waals surface area contributed by atoms with E-state index < -0.39 is 16.7 Å². The molecule has 0 atom stereocenters. The third kappa shape index (κ3) is 4.55. The molecule has 0 fully saturated rings. The summed E-state index contributed by atoms with van der Waals surface area (Å²) in [7, 11) is -3.57. The number of halogens is 1. The Bertz CT molecular complexity index is 450. The quantitative estimate of drug-likeness (QED) is 0.625. The second kappa shape index (κ2) is 4.87. The first-order valence-electron chi connectivity index (χ1n) is 4.01. The fourth-order valence-corrected chi connectivity index (χ4v) is 1.47. The molecule has 6 heteroatoms. The normalized spacial score (nSPS) is 11.3. The molecule has 0 N–H and O–H groups in total. The zero-order chi connectivity index (χ0) is 11.5. The maximum Gasteiger partial charge on any atom is 0.264 e. The van der Waals surface area contributed by atoms with Crippen molar-refractivity contribution in [2.75, 3.05) is 12.9 Å². The van der Waals surface area contributed by atoms with Crippen LogP contribution in [-0.4, -0.2) is 27.1 Å². The number of carbonyl (C=O) groups excluding carboxylic acids is 1. The van der Waals surface area contributed by atoms with E-state index in [1.165, 1.54) is 0 Å². The highest BCUT2D eigenvalue weighted by molar-refractivity contribution is 9.10. The Labute approximate surface area is 96.5 Å². The van der Waals surface area contributed by atoms with Gasteiger partial charge in [-0.2, -0.15) is 8.42 Å². The zero-order valence-corrected chi connectivity index (χ0v) is 10.3. The molecule has 0 saturated carbocycles. The molecule has 82 valence electrons. The number of rotatable bonds is 4. The zero-order valence-electron chi connectivity index (χ0n) is 7.94. The first kappa shape index (κ1) is 12.4. The van der Waals surface area contributed by atoms with E-state index in [0.717, 1.165) is 10.7 Å². The standard InChI is InChI=1S/C9H9BrO4S/c1-15(12,13)14-6-9(11)7-2-4-8(10)5-3-7/h2-5H,6H2,1H3. The van der Waals surface area contributed by atoms with Crippen LogP contribution in [0.2, 0.25) is 0 Å². The van der Waals surface area contributed by atoms with E-state index in [4.69, 9.17) is 0 Å². The average molecular weight is 293 g/mol. The van der Waals surface area contributed by atoms with Crippen molar-refractivity contribution in [3.63, 3.8) is 0 Å². The minimum absolute atomic E-state index is 0.368. The number of hydrogen-bond donors (Lipinski definition) is 0. The Balaban J connectivity index is 2.66. The third-order valence-electron chi connectivity index (χ3n) is 1.57. The lowest BCUT2D eigenvalue weighted by Crippen LogP contribution is -2.13. The molecule has 15 heavy (non-hydrogen) atoms. The fraction of sp³-hybridized carbons (Fsp3) is 0.222. The Hall–Kier alpha value is -0.720. The molecule has 1 aromatic rings. The Morgan fingerprint density at radius 2 is 1.87 bits per heavy atom. The maximum absolute atomic E-state index is 11.4. The minimum atomic E-state index is -3.57. The van der Waals surface area contributed by atoms with Gasteiger partial charge in [0.1, 0.15) is 6.61 Å². The van der Waals surface area contributed by atoms with Gasteiger partial charge in [0.15, 0.2) is 5.78 Å². The molecule has 1 aromatic carbocycles. The molecule has 0 aliphatic carbocycles. The molecule has 0 bridgehead atoms. The van der Waals surface area contributed by atoms with Crippen molar-refractivity contribution in [3.8, 4) is 0 Å². The Morgan fingerprint density at radius 1 is 1.33 bits per heavy atom. The second-order valence-corrected chi connectivity index (χ2v) is 5.46. The number of ketones is 1. The predicted molar refractivity (Wildman–Crippen MR) is 59.3 cm³/mol. The second-order valence-electron chi connectivity index (χ2n) is 2.90. The van der Waals surface area contributed by atoms with Crippen molar-refractivity contribution in [1.82, 2.24) is 0 Å². The maximum atomic E-state index is 11.4. The summed E-state index contributed by atoms with van der Waals surface area (Å²) in [5, 5.41) is 0. The molecule has 0 heterocycles. The summed E-state index contributed by atoms with van der Waals surface area (Å²) < 4.78 is 26.5. The van der Waals surface area contributed by atoms with Gasteiger partial charge in [-0.25, -0.2) is 0 Å². The van der Waals surface area contributed by atoms with Crippen LogP contribution in [0.4, 0.5) is 0 Å². The van der Waals surface area contributed by atoms with Crippen LogP contribution in [-0.2, 0) is 14.3 Å². The first-order valence-corrected chi connectivity index (χ1v) is 6.62. The highest BCUT2D eigenvalue weighted by Crippen LogP contribution is 2.11. The van der Waals surface area contributed by atoms with Gasteiger partial charge in [-0.15, -0.1) is 0 Å². The lowest BCUT2D eigenvalue weighted by Gasteiger charge is -2.01. The topological polar surface area (TPSA) is 60.4 Å². The van der Waals surface area contributed by atoms with E-state index in [1.54, 1.807) is 24.3 Å². The van der Waals surface area contributed by atoms with E-state index in [9.17, 15) is 13.2 Å². The predicted octanol–water partition coefficient (Wildman–Crippen LogP) is 1.61. The molecule has 1 rings (SSSR count). The number of Topliss-reactive ketones (excluding diaryl/α,β-unsaturated/α-hetero) is 1. The first-order chi connectivity index (χ1) is 6.88. The van der Waals surface area contributed by atoms with Gasteiger partial charge in [0.25, 0.3) is 10.1 Å². The van der Waals surface area contributed by atoms with E-state index in [0.29, 0.717) is 5.56 Å². The summed E-state index contributed by atoms with van der Waals surface area (Å²) in [6.07, 6.45) is 0.905. The molecule has 0 aliphatic heterocycles. The lowest BCUT2D eigenvalue weighted by molar-refractivity contribution is 0.0925. The summed E-state index contributed by atoms with van der Waals surface area (Å²) in [4.78, 5) is 11.4. The van der Waals surface area contributed by atoms with Gasteiger partial charge >= 0.3 is 0 Å². The summed E-state index contributed by atoms with van der Waals surface area (Å²) in [5.74, 6) is -0.368. The van der Waals surface area contributed by atoms with E-state index >= 15 is 0 Å². The van der Waals surface area contributed by atoms with Gasteiger partial charge in [0.05, 0.1) is 6.26 Å². The molecule has 0 aromatic heterocycles. The van der Waals surface area contributed by atoms with E-state index in [2.05, 4.69) is 20.1 Å². The van der Waals surface area contributed by atoms with Gasteiger partial charge in [0.2, 0.25) is 0 Å². The summed E-state index contributed by atoms with van der Waals surface area (Å²) >= 11 is 3.23. The molecule has 4 nitrogen and oxygen atoms in total. The van der Waals surface area contributed by atoms with Crippen LogP contribution in [0.5, 0.6) is 0 Å². The summed E-state index contributed by atoms with van der Waals surface area (Å²) in [5.41, 5.74) is 0.418. The fourth-order valence-electron chi connectivity index (χ4n) is 0.880. The molecular weight excluding hydrogens is 284 g/mol. The number of benzene rings is 1. The molecule has 0 radical (unpaired) electrons. The largest absolute Gasteiger partial charge is 0.291 e. The van der Waals surface area contributed by atoms with Crippen molar-refractivity contribution >= 4 is 31.8 Å². The van der Waals surface area contributed by atoms with Crippen molar-refractivity contribution in [2.45, 2.75) is 0 Å². The highest BCUT2D eigenvalue weighted by atomic mass is 79.9. The van der Waals surface area contributed by atoms with Gasteiger partial charge < -0.3 is 0 Å². The van der Waals surface area contributed by atoms with Crippen LogP contribution in [0.25, 0.3) is 0 Å². The van der Waals surface area contributed by atoms with Crippen LogP contribution in [0.3, 0.4) is 0 Å². The third-order valence-corrected chi connectivity index (χ3v) is 2.64. The highest BCUT2D eigenvalue weighted by Gasteiger charge is 2.09. The van der Waals surface area contributed by atoms with Crippen LogP contribution < -0.4 is 0 Å². The number of carbonyl (C=O) groups is 1. The van der Waals surface area contributed by atoms with Crippen LogP contribution in [0, 0.1) is 0 Å². The SMILES string of the molecule is CS(=O)(=O)OCC(=O)c1ccc(Br)cc1. The minimum Gasteiger partial charge on any atom is -0.291 e. The van der Waals surface area contributed by atoms with Gasteiger partial charge in [-0.1, -0.05) is 28.1 Å². The van der Waals surface area contributed by atoms with Crippen LogP contribution in [0.15, 0.2) is 28.7 Å². The summed E-state index contributed by atoms with van der Waals surface area (Å²) in [6, 6.07) is 6.59. The monoisotopic (exact) mass is 292 g/mol. The average Bonchev–Trinajstić information content (AvgIpc) is 2.14. The van der Waals surface area contributed by atoms with E-state index in [-0.39, 0.29) is 5.78 Å². The molecule has 0 unspecified atom stereocenters. The van der Waals surface area contributed by atoms with Crippen LogP contribution >= 0.6 is 15.9 Å². The van der Waals surface area contributed by atoms with Gasteiger partial charge in [0, 0.05) is 10.0 Å². The van der Waals surface area contributed by atoms with Crippen molar-refractivity contribution in [1.29, 1.82) is 0 Å². The molecule has 0 aliphatic rings. The molecule has 0 spiro atoms. The van der Waals surface area contributed by atoms with Gasteiger partial charge in [-0.05, 0) is 12.1 Å². The summed E-state index contributed by atoms with van der Waals surface area (Å²) in [6.45, 7) is -0.458. The van der Waals surface area contributed by atoms with E-state index in [1.807, 2.05) is 0 Å². The smallest absolute Gasteiger partial charge is 0.264 e. The van der Waals surface area contributed by atoms with Crippen LogP contribution in [0.1, 0.15) is 10.4 Å².